The van der Waals surface area contributed by atoms with Crippen molar-refractivity contribution in [2.24, 2.45) is 0 Å². The molecule has 3 heteroatoms. The molecule has 0 aliphatic rings. The van der Waals surface area contributed by atoms with Crippen molar-refractivity contribution in [3.05, 3.63) is 77.8 Å². The van der Waals surface area contributed by atoms with E-state index in [4.69, 9.17) is 0 Å². The van der Waals surface area contributed by atoms with Crippen molar-refractivity contribution in [3.63, 3.8) is 0 Å². The van der Waals surface area contributed by atoms with Gasteiger partial charge in [-0.2, -0.15) is 0 Å². The van der Waals surface area contributed by atoms with E-state index in [1.165, 1.54) is 0 Å². The van der Waals surface area contributed by atoms with Crippen molar-refractivity contribution in [2.75, 3.05) is 0 Å². The molecule has 0 atom stereocenters. The van der Waals surface area contributed by atoms with Gasteiger partial charge in [0.25, 0.3) is 0 Å². The number of para-hydroxylation sites is 1. The van der Waals surface area contributed by atoms with Crippen LogP contribution in [-0.4, -0.2) is 10.9 Å². The van der Waals surface area contributed by atoms with E-state index in [2.05, 4.69) is 10.3 Å². The van der Waals surface area contributed by atoms with Crippen molar-refractivity contribution in [3.8, 4) is 0 Å². The van der Waals surface area contributed by atoms with Crippen LogP contribution in [0.25, 0.3) is 10.9 Å². The van der Waals surface area contributed by atoms with E-state index in [0.717, 1.165) is 22.2 Å². The van der Waals surface area contributed by atoms with Crippen molar-refractivity contribution >= 4 is 16.8 Å². The van der Waals surface area contributed by atoms with Gasteiger partial charge in [-0.15, -0.1) is 0 Å². The van der Waals surface area contributed by atoms with Crippen LogP contribution in [0.3, 0.4) is 0 Å². The molecule has 0 aliphatic carbocycles. The van der Waals surface area contributed by atoms with E-state index in [1.807, 2.05) is 67.6 Å². The number of rotatable bonds is 4. The highest BCUT2D eigenvalue weighted by Crippen LogP contribution is 2.20. The summed E-state index contributed by atoms with van der Waals surface area (Å²) < 4.78 is 0. The highest BCUT2D eigenvalue weighted by Gasteiger charge is 2.17. The molecule has 3 aromatic rings. The molecule has 3 nitrogen and oxygen atoms in total. The van der Waals surface area contributed by atoms with Crippen LogP contribution < -0.4 is 5.32 Å². The zero-order valence-corrected chi connectivity index (χ0v) is 11.9. The third kappa shape index (κ3) is 2.97. The number of carbonyl (C=O) groups is 1. The minimum Gasteiger partial charge on any atom is -0.357 e. The lowest BCUT2D eigenvalue weighted by atomic mass is 10.1. The lowest BCUT2D eigenvalue weighted by molar-refractivity contribution is -0.119. The van der Waals surface area contributed by atoms with Crippen molar-refractivity contribution in [1.82, 2.24) is 10.3 Å². The number of carbonyl (C=O) groups excluding carboxylic acids is 1. The normalized spacial score (nSPS) is 11.0. The summed E-state index contributed by atoms with van der Waals surface area (Å²) in [4.78, 5) is 15.5. The monoisotopic (exact) mass is 277 g/mol. The summed E-state index contributed by atoms with van der Waals surface area (Å²) >= 11 is 0. The topological polar surface area (TPSA) is 44.9 Å². The number of hydrogen-bond acceptors (Lipinski definition) is 1. The standard InChI is InChI=1S/C18H17N2O/c1-13(17-11-15-9-5-6-10-16(15)20-17)18(21)19-12-14-7-3-2-4-8-14/h2-11,20H,12H2,1H3,(H,19,21). The van der Waals surface area contributed by atoms with Gasteiger partial charge in [-0.05, 0) is 30.0 Å². The molecule has 0 spiro atoms. The molecule has 2 aromatic carbocycles. The largest absolute Gasteiger partial charge is 0.357 e. The van der Waals surface area contributed by atoms with Crippen LogP contribution in [0, 0.1) is 5.92 Å². The number of benzene rings is 2. The lowest BCUT2D eigenvalue weighted by Gasteiger charge is -2.10. The van der Waals surface area contributed by atoms with E-state index in [-0.39, 0.29) is 5.91 Å². The van der Waals surface area contributed by atoms with Gasteiger partial charge in [0.2, 0.25) is 5.91 Å². The predicted octanol–water partition coefficient (Wildman–Crippen LogP) is 3.43. The number of fused-ring (bicyclic) bond motifs is 1. The first-order valence-corrected chi connectivity index (χ1v) is 6.98. The number of aromatic amines is 1. The molecule has 0 unspecified atom stereocenters. The molecule has 0 aliphatic heterocycles. The summed E-state index contributed by atoms with van der Waals surface area (Å²) in [5.74, 6) is 0.646. The summed E-state index contributed by atoms with van der Waals surface area (Å²) in [7, 11) is 0. The SMILES string of the molecule is C[C](C(=O)NCc1ccccc1)c1cc2ccccc2[nH]1. The zero-order chi connectivity index (χ0) is 14.7. The molecule has 0 saturated carbocycles. The minimum atomic E-state index is -0.0505. The first-order valence-electron chi connectivity index (χ1n) is 6.98. The Morgan fingerprint density at radius 2 is 1.76 bits per heavy atom. The van der Waals surface area contributed by atoms with Gasteiger partial charge >= 0.3 is 0 Å². The van der Waals surface area contributed by atoms with Gasteiger partial charge in [0.1, 0.15) is 5.92 Å². The second-order valence-corrected chi connectivity index (χ2v) is 5.06. The van der Waals surface area contributed by atoms with Crippen molar-refractivity contribution < 1.29 is 4.79 Å². The number of hydrogen-bond donors (Lipinski definition) is 2. The minimum absolute atomic E-state index is 0.0505. The molecule has 1 radical (unpaired) electrons. The molecular formula is C18H17N2O. The van der Waals surface area contributed by atoms with Gasteiger partial charge in [0, 0.05) is 17.8 Å². The van der Waals surface area contributed by atoms with Gasteiger partial charge < -0.3 is 10.3 Å². The molecule has 1 aromatic heterocycles. The Bertz CT molecular complexity index is 713. The smallest absolute Gasteiger partial charge is 0.233 e. The lowest BCUT2D eigenvalue weighted by Crippen LogP contribution is -2.28. The Labute approximate surface area is 124 Å². The van der Waals surface area contributed by atoms with E-state index >= 15 is 0 Å². The first kappa shape index (κ1) is 13.4. The second-order valence-electron chi connectivity index (χ2n) is 5.06. The van der Waals surface area contributed by atoms with Crippen LogP contribution >= 0.6 is 0 Å². The molecular weight excluding hydrogens is 260 g/mol. The predicted molar refractivity (Wildman–Crippen MR) is 84.6 cm³/mol. The molecule has 1 heterocycles. The number of H-pyrrole nitrogens is 1. The summed E-state index contributed by atoms with van der Waals surface area (Å²) in [6.45, 7) is 2.38. The first-order chi connectivity index (χ1) is 10.2. The van der Waals surface area contributed by atoms with Gasteiger partial charge in [0.15, 0.2) is 0 Å². The summed E-state index contributed by atoms with van der Waals surface area (Å²) in [5, 5.41) is 4.06. The van der Waals surface area contributed by atoms with E-state index in [0.29, 0.717) is 12.5 Å². The fraction of sp³-hybridized carbons (Fsp3) is 0.111. The molecule has 0 saturated heterocycles. The summed E-state index contributed by atoms with van der Waals surface area (Å²) in [6, 6.07) is 19.9. The number of amides is 1. The maximum absolute atomic E-state index is 12.2. The van der Waals surface area contributed by atoms with E-state index in [9.17, 15) is 4.79 Å². The molecule has 1 amide bonds. The van der Waals surface area contributed by atoms with Crippen LogP contribution in [0.5, 0.6) is 0 Å². The van der Waals surface area contributed by atoms with Crippen LogP contribution in [0.2, 0.25) is 0 Å². The molecule has 21 heavy (non-hydrogen) atoms. The highest BCUT2D eigenvalue weighted by molar-refractivity contribution is 5.95. The fourth-order valence-electron chi connectivity index (χ4n) is 2.31. The maximum Gasteiger partial charge on any atom is 0.233 e. The van der Waals surface area contributed by atoms with Gasteiger partial charge in [-0.3, -0.25) is 4.79 Å². The molecule has 0 fully saturated rings. The maximum atomic E-state index is 12.2. The number of aromatic nitrogens is 1. The summed E-state index contributed by atoms with van der Waals surface area (Å²) in [5.41, 5.74) is 3.00. The summed E-state index contributed by atoms with van der Waals surface area (Å²) in [6.07, 6.45) is 0. The van der Waals surface area contributed by atoms with Crippen LogP contribution in [0.4, 0.5) is 0 Å². The van der Waals surface area contributed by atoms with Gasteiger partial charge in [-0.25, -0.2) is 0 Å². The van der Waals surface area contributed by atoms with Crippen LogP contribution in [0.15, 0.2) is 60.7 Å². The Morgan fingerprint density at radius 1 is 1.05 bits per heavy atom. The molecule has 0 bridgehead atoms. The Morgan fingerprint density at radius 3 is 2.52 bits per heavy atom. The number of nitrogens with one attached hydrogen (secondary N) is 2. The molecule has 3 rings (SSSR count). The Kier molecular flexibility index (Phi) is 3.73. The Hall–Kier alpha value is -2.55. The average molecular weight is 277 g/mol. The second kappa shape index (κ2) is 5.83. The third-order valence-electron chi connectivity index (χ3n) is 3.57. The quantitative estimate of drug-likeness (QED) is 0.754. The molecule has 105 valence electrons. The van der Waals surface area contributed by atoms with E-state index in [1.54, 1.807) is 0 Å². The van der Waals surface area contributed by atoms with E-state index < -0.39 is 0 Å². The zero-order valence-electron chi connectivity index (χ0n) is 11.9. The van der Waals surface area contributed by atoms with Crippen LogP contribution in [0.1, 0.15) is 18.2 Å². The van der Waals surface area contributed by atoms with Gasteiger partial charge in [-0.1, -0.05) is 48.5 Å². The average Bonchev–Trinajstić information content (AvgIpc) is 2.97. The van der Waals surface area contributed by atoms with Crippen molar-refractivity contribution in [2.45, 2.75) is 13.5 Å². The van der Waals surface area contributed by atoms with Gasteiger partial charge in [0.05, 0.1) is 0 Å². The fourth-order valence-corrected chi connectivity index (χ4v) is 2.31. The van der Waals surface area contributed by atoms with Crippen LogP contribution in [-0.2, 0) is 11.3 Å². The van der Waals surface area contributed by atoms with Crippen molar-refractivity contribution in [1.29, 1.82) is 0 Å². The Balaban J connectivity index is 1.69. The third-order valence-corrected chi connectivity index (χ3v) is 3.57. The highest BCUT2D eigenvalue weighted by atomic mass is 16.1. The molecule has 2 N–H and O–H groups in total.